The number of benzene rings is 1. The minimum atomic E-state index is -0.835. The monoisotopic (exact) mass is 447 g/mol. The van der Waals surface area contributed by atoms with Gasteiger partial charge in [0, 0.05) is 30.3 Å². The van der Waals surface area contributed by atoms with Gasteiger partial charge >= 0.3 is 0 Å². The van der Waals surface area contributed by atoms with Gasteiger partial charge in [-0.1, -0.05) is 37.6 Å². The third kappa shape index (κ3) is 3.75. The van der Waals surface area contributed by atoms with Gasteiger partial charge in [0.15, 0.2) is 0 Å². The standard InChI is InChI=1S/C23H23N5O2.CH2O2/c1-2-6-16-13-19(27-26-16)21(29)28-12-10-23(20(28)15-7-5-11-24-14-15)17-8-3-4-9-18(17)25-22(23)30;2-1-3/h3-5,7-9,11,13-14,20H,2,6,10,12H2,1H3,(H,25,30)(H,26,27);1H,(H,2,3). The molecule has 9 nitrogen and oxygen atoms in total. The van der Waals surface area contributed by atoms with E-state index in [1.54, 1.807) is 17.3 Å². The average Bonchev–Trinajstić information content (AvgIpc) is 3.53. The molecule has 1 spiro atoms. The van der Waals surface area contributed by atoms with Crippen molar-refractivity contribution in [3.8, 4) is 0 Å². The number of para-hydroxylation sites is 1. The molecule has 3 N–H and O–H groups in total. The average molecular weight is 447 g/mol. The molecule has 2 aliphatic heterocycles. The van der Waals surface area contributed by atoms with Crippen molar-refractivity contribution < 1.29 is 19.5 Å². The number of carbonyl (C=O) groups excluding carboxylic acids is 2. The molecule has 0 radical (unpaired) electrons. The summed E-state index contributed by atoms with van der Waals surface area (Å²) < 4.78 is 0. The number of hydrogen-bond donors (Lipinski definition) is 3. The van der Waals surface area contributed by atoms with Gasteiger partial charge < -0.3 is 15.3 Å². The number of aromatic amines is 1. The van der Waals surface area contributed by atoms with Crippen LogP contribution in [-0.2, 0) is 21.4 Å². The molecule has 5 rings (SSSR count). The molecule has 0 aliphatic carbocycles. The van der Waals surface area contributed by atoms with Crippen LogP contribution in [0.15, 0.2) is 54.9 Å². The zero-order valence-electron chi connectivity index (χ0n) is 18.2. The van der Waals surface area contributed by atoms with Gasteiger partial charge in [0.05, 0.1) is 6.04 Å². The maximum Gasteiger partial charge on any atom is 0.290 e. The van der Waals surface area contributed by atoms with Crippen molar-refractivity contribution in [1.29, 1.82) is 0 Å². The Kier molecular flexibility index (Phi) is 6.21. The van der Waals surface area contributed by atoms with E-state index >= 15 is 0 Å². The Balaban J connectivity index is 0.000000821. The highest BCUT2D eigenvalue weighted by atomic mass is 16.3. The number of nitrogens with zero attached hydrogens (tertiary/aromatic N) is 3. The van der Waals surface area contributed by atoms with E-state index < -0.39 is 11.5 Å². The molecule has 0 bridgehead atoms. The summed E-state index contributed by atoms with van der Waals surface area (Å²) in [6.07, 6.45) is 5.81. The van der Waals surface area contributed by atoms with Crippen LogP contribution in [0.3, 0.4) is 0 Å². The summed E-state index contributed by atoms with van der Waals surface area (Å²) in [6, 6.07) is 12.9. The van der Waals surface area contributed by atoms with E-state index in [0.29, 0.717) is 18.7 Å². The van der Waals surface area contributed by atoms with Gasteiger partial charge in [0.25, 0.3) is 12.4 Å². The number of carboxylic acid groups (broad SMARTS) is 1. The second-order valence-electron chi connectivity index (χ2n) is 8.04. The van der Waals surface area contributed by atoms with E-state index in [4.69, 9.17) is 9.90 Å². The molecule has 2 aromatic heterocycles. The first-order valence-electron chi connectivity index (χ1n) is 10.8. The minimum Gasteiger partial charge on any atom is -0.483 e. The van der Waals surface area contributed by atoms with Crippen molar-refractivity contribution in [2.75, 3.05) is 11.9 Å². The highest BCUT2D eigenvalue weighted by molar-refractivity contribution is 6.08. The number of nitrogens with one attached hydrogen (secondary N) is 2. The molecular weight excluding hydrogens is 422 g/mol. The third-order valence-electron chi connectivity index (χ3n) is 6.22. The first kappa shape index (κ1) is 22.2. The van der Waals surface area contributed by atoms with Crippen LogP contribution in [0, 0.1) is 0 Å². The number of pyridine rings is 1. The fourth-order valence-electron chi connectivity index (χ4n) is 4.92. The second-order valence-corrected chi connectivity index (χ2v) is 8.04. The molecule has 2 aliphatic rings. The number of hydrogen-bond acceptors (Lipinski definition) is 5. The summed E-state index contributed by atoms with van der Waals surface area (Å²) in [5.41, 5.74) is 3.09. The van der Waals surface area contributed by atoms with Crippen molar-refractivity contribution in [3.05, 3.63) is 77.4 Å². The largest absolute Gasteiger partial charge is 0.483 e. The van der Waals surface area contributed by atoms with Crippen LogP contribution in [0.2, 0.25) is 0 Å². The molecule has 2 unspecified atom stereocenters. The van der Waals surface area contributed by atoms with Gasteiger partial charge in [0.2, 0.25) is 5.91 Å². The van der Waals surface area contributed by atoms with Gasteiger partial charge in [-0.05, 0) is 42.2 Å². The zero-order chi connectivity index (χ0) is 23.4. The van der Waals surface area contributed by atoms with E-state index in [1.807, 2.05) is 42.5 Å². The molecule has 33 heavy (non-hydrogen) atoms. The Bertz CT molecular complexity index is 1160. The number of fused-ring (bicyclic) bond motifs is 2. The molecule has 3 aromatic rings. The predicted molar refractivity (Wildman–Crippen MR) is 121 cm³/mol. The van der Waals surface area contributed by atoms with E-state index in [2.05, 4.69) is 27.4 Å². The van der Waals surface area contributed by atoms with Crippen molar-refractivity contribution in [1.82, 2.24) is 20.1 Å². The van der Waals surface area contributed by atoms with Crippen LogP contribution in [0.4, 0.5) is 5.69 Å². The van der Waals surface area contributed by atoms with E-state index in [9.17, 15) is 9.59 Å². The number of carbonyl (C=O) groups is 3. The SMILES string of the molecule is CCCc1cc(C(=O)N2CCC3(C(=O)Nc4ccccc43)C2c2cccnc2)n[nH]1.O=CO. The molecule has 0 saturated carbocycles. The number of rotatable bonds is 4. The van der Waals surface area contributed by atoms with Gasteiger partial charge in [0.1, 0.15) is 11.1 Å². The van der Waals surface area contributed by atoms with Crippen molar-refractivity contribution >= 4 is 24.0 Å². The smallest absolute Gasteiger partial charge is 0.290 e. The summed E-state index contributed by atoms with van der Waals surface area (Å²) in [4.78, 5) is 41.3. The summed E-state index contributed by atoms with van der Waals surface area (Å²) >= 11 is 0. The molecule has 1 aromatic carbocycles. The topological polar surface area (TPSA) is 128 Å². The normalized spacial score (nSPS) is 20.7. The fraction of sp³-hybridized carbons (Fsp3) is 0.292. The highest BCUT2D eigenvalue weighted by Crippen LogP contribution is 2.54. The van der Waals surface area contributed by atoms with E-state index in [-0.39, 0.29) is 18.3 Å². The van der Waals surface area contributed by atoms with Crippen LogP contribution >= 0.6 is 0 Å². The number of aryl methyl sites for hydroxylation is 1. The number of amides is 2. The molecule has 2 amide bonds. The van der Waals surface area contributed by atoms with Crippen LogP contribution in [-0.4, -0.2) is 50.0 Å². The van der Waals surface area contributed by atoms with E-state index in [0.717, 1.165) is 35.3 Å². The van der Waals surface area contributed by atoms with Gasteiger partial charge in [-0.3, -0.25) is 24.5 Å². The number of anilines is 1. The van der Waals surface area contributed by atoms with Gasteiger partial charge in [-0.25, -0.2) is 0 Å². The summed E-state index contributed by atoms with van der Waals surface area (Å²) in [5, 5.41) is 17.1. The Morgan fingerprint density at radius 1 is 1.30 bits per heavy atom. The predicted octanol–water partition coefficient (Wildman–Crippen LogP) is 2.94. The zero-order valence-corrected chi connectivity index (χ0v) is 18.2. The maximum atomic E-state index is 13.5. The van der Waals surface area contributed by atoms with Crippen LogP contribution in [0.25, 0.3) is 0 Å². The van der Waals surface area contributed by atoms with Crippen molar-refractivity contribution in [3.63, 3.8) is 0 Å². The van der Waals surface area contributed by atoms with E-state index in [1.165, 1.54) is 0 Å². The quantitative estimate of drug-likeness (QED) is 0.528. The first-order valence-corrected chi connectivity index (χ1v) is 10.8. The number of likely N-dealkylation sites (tertiary alicyclic amines) is 1. The lowest BCUT2D eigenvalue weighted by atomic mass is 9.73. The molecule has 170 valence electrons. The highest BCUT2D eigenvalue weighted by Gasteiger charge is 2.59. The van der Waals surface area contributed by atoms with Gasteiger partial charge in [-0.2, -0.15) is 5.10 Å². The maximum absolute atomic E-state index is 13.5. The molecule has 1 saturated heterocycles. The van der Waals surface area contributed by atoms with Crippen molar-refractivity contribution in [2.45, 2.75) is 37.6 Å². The Morgan fingerprint density at radius 2 is 2.09 bits per heavy atom. The molecular formula is C24H25N5O4. The Morgan fingerprint density at radius 3 is 2.82 bits per heavy atom. The van der Waals surface area contributed by atoms with Gasteiger partial charge in [-0.15, -0.1) is 0 Å². The van der Waals surface area contributed by atoms with Crippen LogP contribution in [0.5, 0.6) is 0 Å². The first-order chi connectivity index (χ1) is 16.1. The molecule has 4 heterocycles. The fourth-order valence-corrected chi connectivity index (χ4v) is 4.92. The number of aromatic nitrogens is 3. The molecule has 9 heteroatoms. The summed E-state index contributed by atoms with van der Waals surface area (Å²) in [6.45, 7) is 2.30. The summed E-state index contributed by atoms with van der Waals surface area (Å²) in [5.74, 6) is -0.238. The Hall–Kier alpha value is -4.01. The third-order valence-corrected chi connectivity index (χ3v) is 6.22. The minimum absolute atomic E-state index is 0.0680. The summed E-state index contributed by atoms with van der Waals surface area (Å²) in [7, 11) is 0. The second kappa shape index (κ2) is 9.23. The van der Waals surface area contributed by atoms with Crippen LogP contribution < -0.4 is 5.32 Å². The lowest BCUT2D eigenvalue weighted by molar-refractivity contribution is -0.123. The van der Waals surface area contributed by atoms with Crippen LogP contribution in [0.1, 0.15) is 53.1 Å². The molecule has 2 atom stereocenters. The lowest BCUT2D eigenvalue weighted by Crippen LogP contribution is -2.42. The number of H-pyrrole nitrogens is 1. The van der Waals surface area contributed by atoms with Crippen molar-refractivity contribution in [2.24, 2.45) is 0 Å². The molecule has 1 fully saturated rings. The lowest BCUT2D eigenvalue weighted by Gasteiger charge is -2.33. The Labute approximate surface area is 190 Å².